The minimum Gasteiger partial charge on any atom is -0.351 e. The lowest BCUT2D eigenvalue weighted by molar-refractivity contribution is -0.115. The molecule has 0 aliphatic carbocycles. The van der Waals surface area contributed by atoms with E-state index in [1.54, 1.807) is 11.8 Å². The van der Waals surface area contributed by atoms with Crippen LogP contribution < -0.4 is 0 Å². The van der Waals surface area contributed by atoms with Crippen LogP contribution in [-0.4, -0.2) is 34.8 Å². The van der Waals surface area contributed by atoms with E-state index in [9.17, 15) is 4.79 Å². The number of aliphatic imine (C=N–C) groups is 1. The number of rotatable bonds is 8. The van der Waals surface area contributed by atoms with Crippen LogP contribution in [0.2, 0.25) is 0 Å². The van der Waals surface area contributed by atoms with Gasteiger partial charge in [0.2, 0.25) is 0 Å². The molecule has 0 saturated carbocycles. The molecule has 0 unspecified atom stereocenters. The van der Waals surface area contributed by atoms with E-state index in [0.717, 1.165) is 18.3 Å². The third-order valence-electron chi connectivity index (χ3n) is 2.88. The van der Waals surface area contributed by atoms with Gasteiger partial charge >= 0.3 is 0 Å². The van der Waals surface area contributed by atoms with Crippen molar-refractivity contribution in [2.24, 2.45) is 4.99 Å². The monoisotopic (exact) mass is 256 g/mol. The molecule has 1 rings (SSSR count). The van der Waals surface area contributed by atoms with Gasteiger partial charge in [0.15, 0.2) is 5.17 Å². The van der Waals surface area contributed by atoms with Gasteiger partial charge in [0, 0.05) is 13.1 Å². The van der Waals surface area contributed by atoms with E-state index in [1.807, 2.05) is 0 Å². The highest BCUT2D eigenvalue weighted by molar-refractivity contribution is 8.14. The second-order valence-corrected chi connectivity index (χ2v) is 5.42. The van der Waals surface area contributed by atoms with Crippen LogP contribution in [0.5, 0.6) is 0 Å². The van der Waals surface area contributed by atoms with Crippen molar-refractivity contribution in [1.29, 1.82) is 0 Å². The zero-order chi connectivity index (χ0) is 12.5. The molecule has 0 atom stereocenters. The highest BCUT2D eigenvalue weighted by Gasteiger charge is 2.20. The van der Waals surface area contributed by atoms with Crippen LogP contribution in [0.1, 0.15) is 52.4 Å². The molecule has 4 heteroatoms. The normalized spacial score (nSPS) is 15.2. The lowest BCUT2D eigenvalue weighted by Crippen LogP contribution is -2.30. The topological polar surface area (TPSA) is 32.7 Å². The van der Waals surface area contributed by atoms with Gasteiger partial charge < -0.3 is 4.90 Å². The Labute approximate surface area is 109 Å². The summed E-state index contributed by atoms with van der Waals surface area (Å²) in [4.78, 5) is 17.6. The number of nitrogens with zero attached hydrogens (tertiary/aromatic N) is 2. The van der Waals surface area contributed by atoms with E-state index < -0.39 is 0 Å². The third kappa shape index (κ3) is 5.57. The first-order valence-corrected chi connectivity index (χ1v) is 7.75. The number of hydrogen-bond acceptors (Lipinski definition) is 3. The highest BCUT2D eigenvalue weighted by atomic mass is 32.2. The molecule has 1 aliphatic rings. The summed E-state index contributed by atoms with van der Waals surface area (Å²) < 4.78 is 0. The van der Waals surface area contributed by atoms with Crippen LogP contribution in [-0.2, 0) is 4.79 Å². The number of amidine groups is 1. The molecule has 0 aromatic heterocycles. The Morgan fingerprint density at radius 3 is 2.12 bits per heavy atom. The lowest BCUT2D eigenvalue weighted by atomic mass is 10.2. The van der Waals surface area contributed by atoms with Crippen molar-refractivity contribution < 1.29 is 4.79 Å². The number of unbranched alkanes of at least 4 members (excludes halogenated alkanes) is 4. The van der Waals surface area contributed by atoms with Crippen molar-refractivity contribution >= 4 is 22.8 Å². The van der Waals surface area contributed by atoms with Gasteiger partial charge in [-0.25, -0.2) is 0 Å². The Morgan fingerprint density at radius 1 is 1.12 bits per heavy atom. The Balaban J connectivity index is 2.40. The van der Waals surface area contributed by atoms with Gasteiger partial charge in [-0.1, -0.05) is 51.3 Å². The molecular weight excluding hydrogens is 232 g/mol. The molecular formula is C13H24N2OS. The zero-order valence-corrected chi connectivity index (χ0v) is 11.9. The summed E-state index contributed by atoms with van der Waals surface area (Å²) in [6, 6.07) is 0. The number of thioether (sulfide) groups is 1. The van der Waals surface area contributed by atoms with Gasteiger partial charge in [0.05, 0.1) is 5.75 Å². The van der Waals surface area contributed by atoms with E-state index in [0.29, 0.717) is 5.75 Å². The Kier molecular flexibility index (Phi) is 7.33. The quantitative estimate of drug-likeness (QED) is 0.625. The molecule has 0 bridgehead atoms. The first-order valence-electron chi connectivity index (χ1n) is 6.77. The standard InChI is InChI=1S/C13H24N2OS/c1-3-5-7-9-15(10-8-6-4-2)13-14-12(16)11-17-13/h3-11H2,1-2H3. The van der Waals surface area contributed by atoms with Gasteiger partial charge in [-0.05, 0) is 12.8 Å². The van der Waals surface area contributed by atoms with Crippen LogP contribution in [0.3, 0.4) is 0 Å². The summed E-state index contributed by atoms with van der Waals surface area (Å²) in [6.07, 6.45) is 7.40. The summed E-state index contributed by atoms with van der Waals surface area (Å²) in [6.45, 7) is 6.53. The Hall–Kier alpha value is -0.510. The molecule has 0 aromatic carbocycles. The highest BCUT2D eigenvalue weighted by Crippen LogP contribution is 2.18. The molecule has 17 heavy (non-hydrogen) atoms. The third-order valence-corrected chi connectivity index (χ3v) is 3.88. The van der Waals surface area contributed by atoms with Gasteiger partial charge in [-0.2, -0.15) is 4.99 Å². The molecule has 0 radical (unpaired) electrons. The molecule has 98 valence electrons. The Bertz CT molecular complexity index is 256. The average molecular weight is 256 g/mol. The largest absolute Gasteiger partial charge is 0.351 e. The fourth-order valence-electron chi connectivity index (χ4n) is 1.87. The molecule has 0 aromatic rings. The van der Waals surface area contributed by atoms with Crippen LogP contribution in [0, 0.1) is 0 Å². The second-order valence-electron chi connectivity index (χ2n) is 4.48. The molecule has 1 amide bonds. The lowest BCUT2D eigenvalue weighted by Gasteiger charge is -2.23. The predicted octanol–water partition coefficient (Wildman–Crippen LogP) is 3.30. The van der Waals surface area contributed by atoms with Crippen molar-refractivity contribution in [3.63, 3.8) is 0 Å². The van der Waals surface area contributed by atoms with Crippen LogP contribution in [0.15, 0.2) is 4.99 Å². The van der Waals surface area contributed by atoms with Crippen molar-refractivity contribution in [3.05, 3.63) is 0 Å². The van der Waals surface area contributed by atoms with Crippen LogP contribution in [0.25, 0.3) is 0 Å². The summed E-state index contributed by atoms with van der Waals surface area (Å²) in [5.41, 5.74) is 0. The van der Waals surface area contributed by atoms with E-state index in [1.165, 1.54) is 38.5 Å². The second kappa shape index (κ2) is 8.56. The summed E-state index contributed by atoms with van der Waals surface area (Å²) in [5, 5.41) is 0.960. The molecule has 0 N–H and O–H groups in total. The molecule has 1 aliphatic heterocycles. The van der Waals surface area contributed by atoms with Crippen LogP contribution in [0.4, 0.5) is 0 Å². The van der Waals surface area contributed by atoms with Crippen molar-refractivity contribution in [1.82, 2.24) is 4.90 Å². The minimum atomic E-state index is 0.0287. The van der Waals surface area contributed by atoms with E-state index >= 15 is 0 Å². The van der Waals surface area contributed by atoms with Gasteiger partial charge in [-0.15, -0.1) is 0 Å². The molecule has 1 heterocycles. The van der Waals surface area contributed by atoms with E-state index in [4.69, 9.17) is 0 Å². The predicted molar refractivity (Wildman–Crippen MR) is 75.5 cm³/mol. The van der Waals surface area contributed by atoms with E-state index in [2.05, 4.69) is 23.7 Å². The fourth-order valence-corrected chi connectivity index (χ4v) is 2.72. The summed E-state index contributed by atoms with van der Waals surface area (Å²) >= 11 is 1.60. The Morgan fingerprint density at radius 2 is 1.71 bits per heavy atom. The molecule has 3 nitrogen and oxygen atoms in total. The number of carbonyl (C=O) groups is 1. The van der Waals surface area contributed by atoms with Gasteiger partial charge in [0.1, 0.15) is 0 Å². The summed E-state index contributed by atoms with van der Waals surface area (Å²) in [5.74, 6) is 0.564. The van der Waals surface area contributed by atoms with Gasteiger partial charge in [-0.3, -0.25) is 4.79 Å². The summed E-state index contributed by atoms with van der Waals surface area (Å²) in [7, 11) is 0. The van der Waals surface area contributed by atoms with Crippen LogP contribution >= 0.6 is 11.8 Å². The maximum absolute atomic E-state index is 11.2. The first-order chi connectivity index (χ1) is 8.27. The fraction of sp³-hybridized carbons (Fsp3) is 0.846. The maximum atomic E-state index is 11.2. The average Bonchev–Trinajstić information content (AvgIpc) is 2.74. The van der Waals surface area contributed by atoms with Crippen molar-refractivity contribution in [3.8, 4) is 0 Å². The minimum absolute atomic E-state index is 0.0287. The number of hydrogen-bond donors (Lipinski definition) is 0. The molecule has 0 spiro atoms. The van der Waals surface area contributed by atoms with Crippen molar-refractivity contribution in [2.75, 3.05) is 18.8 Å². The SMILES string of the molecule is CCCCCN(CCCCC)C1=NC(=O)CS1. The first kappa shape index (κ1) is 14.6. The maximum Gasteiger partial charge on any atom is 0.258 e. The number of carbonyl (C=O) groups excluding carboxylic acids is 1. The molecule has 0 fully saturated rings. The van der Waals surface area contributed by atoms with E-state index in [-0.39, 0.29) is 5.91 Å². The molecule has 0 saturated heterocycles. The zero-order valence-electron chi connectivity index (χ0n) is 11.1. The number of amides is 1. The smallest absolute Gasteiger partial charge is 0.258 e. The van der Waals surface area contributed by atoms with Gasteiger partial charge in [0.25, 0.3) is 5.91 Å². The van der Waals surface area contributed by atoms with Crippen molar-refractivity contribution in [2.45, 2.75) is 52.4 Å².